The Bertz CT molecular complexity index is 451. The number of rotatable bonds is 3. The third kappa shape index (κ3) is 2.27. The van der Waals surface area contributed by atoms with Crippen LogP contribution in [-0.4, -0.2) is 15.7 Å². The molecule has 16 heavy (non-hydrogen) atoms. The Morgan fingerprint density at radius 1 is 1.62 bits per heavy atom. The molecule has 0 aromatic carbocycles. The summed E-state index contributed by atoms with van der Waals surface area (Å²) in [5, 5.41) is 4.15. The molecular formula is C10H16N4O2. The summed E-state index contributed by atoms with van der Waals surface area (Å²) in [7, 11) is 0. The number of aryl methyl sites for hydroxylation is 1. The highest BCUT2D eigenvalue weighted by Gasteiger charge is 2.15. The van der Waals surface area contributed by atoms with Crippen molar-refractivity contribution in [3.05, 3.63) is 27.7 Å². The van der Waals surface area contributed by atoms with Crippen LogP contribution in [0.3, 0.4) is 0 Å². The van der Waals surface area contributed by atoms with E-state index in [1.807, 2.05) is 19.3 Å². The molecule has 0 bridgehead atoms. The van der Waals surface area contributed by atoms with E-state index in [-0.39, 0.29) is 11.5 Å². The van der Waals surface area contributed by atoms with Crippen molar-refractivity contribution < 1.29 is 4.79 Å². The van der Waals surface area contributed by atoms with Crippen LogP contribution in [0.25, 0.3) is 0 Å². The normalized spacial score (nSPS) is 10.6. The molecule has 1 aromatic heterocycles. The van der Waals surface area contributed by atoms with Gasteiger partial charge in [0.25, 0.3) is 11.5 Å². The fraction of sp³-hybridized carbons (Fsp3) is 0.500. The Balaban J connectivity index is 3.42. The van der Waals surface area contributed by atoms with Crippen molar-refractivity contribution >= 4 is 5.91 Å². The molecule has 0 fully saturated rings. The number of nitrogen functional groups attached to an aromatic ring is 1. The van der Waals surface area contributed by atoms with Gasteiger partial charge in [0.2, 0.25) is 0 Å². The molecule has 3 N–H and O–H groups in total. The summed E-state index contributed by atoms with van der Waals surface area (Å²) in [6.45, 7) is 6.10. The first kappa shape index (κ1) is 12.4. The summed E-state index contributed by atoms with van der Waals surface area (Å²) in [5.74, 6) is 4.58. The molecule has 0 saturated carbocycles. The van der Waals surface area contributed by atoms with Crippen LogP contribution in [-0.2, 0) is 6.54 Å². The van der Waals surface area contributed by atoms with E-state index in [4.69, 9.17) is 5.84 Å². The molecule has 0 aliphatic rings. The molecule has 6 heteroatoms. The standard InChI is InChI=1S/C10H16N4O2/c1-4-14-10(16)7(9(15)12-11)5-8(13-14)6(2)3/h5-6H,4,11H2,1-3H3,(H,12,15). The van der Waals surface area contributed by atoms with E-state index < -0.39 is 11.5 Å². The van der Waals surface area contributed by atoms with Crippen molar-refractivity contribution in [1.82, 2.24) is 15.2 Å². The molecule has 0 atom stereocenters. The van der Waals surface area contributed by atoms with Gasteiger partial charge in [0.15, 0.2) is 0 Å². The number of aromatic nitrogens is 2. The smallest absolute Gasteiger partial charge is 0.279 e. The number of hydrazine groups is 1. The predicted octanol–water partition coefficient (Wildman–Crippen LogP) is -0.00990. The average molecular weight is 224 g/mol. The Labute approximate surface area is 93.4 Å². The predicted molar refractivity (Wildman–Crippen MR) is 59.9 cm³/mol. The third-order valence-electron chi connectivity index (χ3n) is 2.26. The lowest BCUT2D eigenvalue weighted by atomic mass is 10.1. The van der Waals surface area contributed by atoms with Gasteiger partial charge >= 0.3 is 0 Å². The topological polar surface area (TPSA) is 90.0 Å². The molecule has 0 spiro atoms. The minimum absolute atomic E-state index is 0.0306. The number of carbonyl (C=O) groups excluding carboxylic acids is 1. The van der Waals surface area contributed by atoms with Crippen molar-refractivity contribution in [3.8, 4) is 0 Å². The highest BCUT2D eigenvalue weighted by molar-refractivity contribution is 5.93. The van der Waals surface area contributed by atoms with E-state index in [0.29, 0.717) is 12.2 Å². The molecule has 1 aromatic rings. The SMILES string of the molecule is CCn1nc(C(C)C)cc(C(=O)NN)c1=O. The summed E-state index contributed by atoms with van der Waals surface area (Å²) in [6.07, 6.45) is 0. The zero-order valence-electron chi connectivity index (χ0n) is 9.65. The number of hydrogen-bond donors (Lipinski definition) is 2. The van der Waals surface area contributed by atoms with Crippen LogP contribution >= 0.6 is 0 Å². The maximum Gasteiger partial charge on any atom is 0.279 e. The van der Waals surface area contributed by atoms with Crippen LogP contribution < -0.4 is 16.8 Å². The monoisotopic (exact) mass is 224 g/mol. The minimum Gasteiger partial charge on any atom is -0.290 e. The zero-order valence-corrected chi connectivity index (χ0v) is 9.65. The molecule has 0 aliphatic heterocycles. The second-order valence-electron chi connectivity index (χ2n) is 3.73. The van der Waals surface area contributed by atoms with Gasteiger partial charge in [0.1, 0.15) is 5.56 Å². The fourth-order valence-electron chi connectivity index (χ4n) is 1.30. The van der Waals surface area contributed by atoms with Crippen LogP contribution in [0.5, 0.6) is 0 Å². The van der Waals surface area contributed by atoms with Crippen molar-refractivity contribution in [1.29, 1.82) is 0 Å². The van der Waals surface area contributed by atoms with Gasteiger partial charge in [-0.2, -0.15) is 5.10 Å². The Hall–Kier alpha value is -1.69. The van der Waals surface area contributed by atoms with Gasteiger partial charge in [-0.1, -0.05) is 13.8 Å². The van der Waals surface area contributed by atoms with Crippen LogP contribution in [0.4, 0.5) is 0 Å². The lowest BCUT2D eigenvalue weighted by Gasteiger charge is -2.10. The minimum atomic E-state index is -0.587. The van der Waals surface area contributed by atoms with Gasteiger partial charge in [0, 0.05) is 6.54 Å². The Morgan fingerprint density at radius 3 is 2.69 bits per heavy atom. The molecule has 0 aliphatic carbocycles. The first-order chi connectivity index (χ1) is 7.51. The zero-order chi connectivity index (χ0) is 12.3. The quantitative estimate of drug-likeness (QED) is 0.429. The van der Waals surface area contributed by atoms with Crippen LogP contribution in [0.15, 0.2) is 10.9 Å². The van der Waals surface area contributed by atoms with Gasteiger partial charge in [-0.05, 0) is 18.9 Å². The number of nitrogens with two attached hydrogens (primary N) is 1. The molecule has 1 rings (SSSR count). The maximum atomic E-state index is 11.8. The van der Waals surface area contributed by atoms with Crippen LogP contribution in [0.1, 0.15) is 42.7 Å². The summed E-state index contributed by atoms with van der Waals surface area (Å²) in [5.41, 5.74) is 2.26. The molecule has 0 unspecified atom stereocenters. The van der Waals surface area contributed by atoms with Gasteiger partial charge in [-0.3, -0.25) is 15.0 Å². The average Bonchev–Trinajstić information content (AvgIpc) is 2.28. The Kier molecular flexibility index (Phi) is 3.78. The van der Waals surface area contributed by atoms with Crippen LogP contribution in [0, 0.1) is 0 Å². The van der Waals surface area contributed by atoms with Gasteiger partial charge < -0.3 is 0 Å². The summed E-state index contributed by atoms with van der Waals surface area (Å²) >= 11 is 0. The number of amides is 1. The molecule has 88 valence electrons. The second-order valence-corrected chi connectivity index (χ2v) is 3.73. The molecule has 6 nitrogen and oxygen atoms in total. The lowest BCUT2D eigenvalue weighted by Crippen LogP contribution is -2.37. The van der Waals surface area contributed by atoms with Crippen molar-refractivity contribution in [2.24, 2.45) is 5.84 Å². The van der Waals surface area contributed by atoms with E-state index in [9.17, 15) is 9.59 Å². The molecule has 1 amide bonds. The molecule has 0 saturated heterocycles. The number of carbonyl (C=O) groups is 1. The van der Waals surface area contributed by atoms with Gasteiger partial charge in [-0.25, -0.2) is 10.5 Å². The number of hydrogen-bond acceptors (Lipinski definition) is 4. The largest absolute Gasteiger partial charge is 0.290 e. The summed E-state index contributed by atoms with van der Waals surface area (Å²) < 4.78 is 1.26. The first-order valence-electron chi connectivity index (χ1n) is 5.14. The highest BCUT2D eigenvalue weighted by Crippen LogP contribution is 2.10. The van der Waals surface area contributed by atoms with E-state index in [1.165, 1.54) is 10.7 Å². The number of nitrogens with one attached hydrogen (secondary N) is 1. The first-order valence-corrected chi connectivity index (χ1v) is 5.14. The maximum absolute atomic E-state index is 11.8. The van der Waals surface area contributed by atoms with E-state index in [1.54, 1.807) is 6.92 Å². The third-order valence-corrected chi connectivity index (χ3v) is 2.26. The summed E-state index contributed by atoms with van der Waals surface area (Å²) in [6, 6.07) is 1.49. The van der Waals surface area contributed by atoms with Gasteiger partial charge in [0.05, 0.1) is 5.69 Å². The van der Waals surface area contributed by atoms with E-state index >= 15 is 0 Å². The highest BCUT2D eigenvalue weighted by atomic mass is 16.2. The lowest BCUT2D eigenvalue weighted by molar-refractivity contribution is 0.0951. The van der Waals surface area contributed by atoms with E-state index in [0.717, 1.165) is 0 Å². The number of nitrogens with zero attached hydrogens (tertiary/aromatic N) is 2. The molecule has 0 radical (unpaired) electrons. The van der Waals surface area contributed by atoms with Crippen molar-refractivity contribution in [2.75, 3.05) is 0 Å². The van der Waals surface area contributed by atoms with Crippen LogP contribution in [0.2, 0.25) is 0 Å². The fourth-order valence-corrected chi connectivity index (χ4v) is 1.30. The van der Waals surface area contributed by atoms with Gasteiger partial charge in [-0.15, -0.1) is 0 Å². The van der Waals surface area contributed by atoms with Crippen molar-refractivity contribution in [2.45, 2.75) is 33.2 Å². The summed E-state index contributed by atoms with van der Waals surface area (Å²) in [4.78, 5) is 23.2. The van der Waals surface area contributed by atoms with E-state index in [2.05, 4.69) is 5.10 Å². The van der Waals surface area contributed by atoms with Crippen molar-refractivity contribution in [3.63, 3.8) is 0 Å². The molecular weight excluding hydrogens is 208 g/mol. The molecule has 1 heterocycles. The Morgan fingerprint density at radius 2 is 2.25 bits per heavy atom. The second kappa shape index (κ2) is 4.89.